The van der Waals surface area contributed by atoms with E-state index in [0.717, 1.165) is 43.4 Å². The third-order valence-corrected chi connectivity index (χ3v) is 6.54. The molecule has 2 unspecified atom stereocenters. The highest BCUT2D eigenvalue weighted by Gasteiger charge is 2.32. The fraction of sp³-hybridized carbons (Fsp3) is 0.440. The van der Waals surface area contributed by atoms with Crippen molar-refractivity contribution in [2.24, 2.45) is 0 Å². The molecule has 10 heteroatoms. The van der Waals surface area contributed by atoms with E-state index in [1.807, 2.05) is 35.2 Å². The Morgan fingerprint density at radius 1 is 1.03 bits per heavy atom. The molecule has 2 saturated heterocycles. The number of carbonyl (C=O) groups excluding carboxylic acids is 1. The number of hydrogen-bond acceptors (Lipinski definition) is 8. The van der Waals surface area contributed by atoms with E-state index in [1.54, 1.807) is 24.1 Å². The third kappa shape index (κ3) is 4.85. The zero-order valence-corrected chi connectivity index (χ0v) is 20.5. The van der Waals surface area contributed by atoms with Gasteiger partial charge in [0, 0.05) is 57.4 Å². The Kier molecular flexibility index (Phi) is 6.65. The summed E-state index contributed by atoms with van der Waals surface area (Å²) in [5.74, 6) is 1.59. The maximum Gasteiger partial charge on any atom is 0.264 e. The molecule has 0 aliphatic carbocycles. The molecule has 2 aliphatic rings. The number of morpholine rings is 1. The summed E-state index contributed by atoms with van der Waals surface area (Å²) in [6.07, 6.45) is 3.54. The van der Waals surface area contributed by atoms with Crippen molar-refractivity contribution < 1.29 is 9.53 Å². The molecule has 2 fully saturated rings. The number of hydrogen-bond donors (Lipinski definition) is 0. The highest BCUT2D eigenvalue weighted by atomic mass is 16.5. The first kappa shape index (κ1) is 23.3. The first-order valence-corrected chi connectivity index (χ1v) is 12.1. The molecule has 0 bridgehead atoms. The van der Waals surface area contributed by atoms with E-state index in [2.05, 4.69) is 50.9 Å². The predicted molar refractivity (Wildman–Crippen MR) is 134 cm³/mol. The van der Waals surface area contributed by atoms with Crippen LogP contribution in [0.4, 0.5) is 17.5 Å². The molecule has 0 saturated carbocycles. The van der Waals surface area contributed by atoms with Gasteiger partial charge in [-0.1, -0.05) is 18.2 Å². The Balaban J connectivity index is 1.40. The number of benzene rings is 1. The van der Waals surface area contributed by atoms with Crippen LogP contribution in [-0.4, -0.2) is 87.0 Å². The summed E-state index contributed by atoms with van der Waals surface area (Å²) >= 11 is 0. The normalized spacial score (nSPS) is 21.2. The standard InChI is InChI=1S/C25H32N8O2/c1-19-16-29(17-20(2)32(19)21(3)34)24-15-23(9-10-26-24)31-18-27-25(28-31)33(22-7-5-4-6-8-22)30-11-13-35-14-12-30/h4-10,15,18-20H,11-14,16-17H2,1-3H3. The van der Waals surface area contributed by atoms with Gasteiger partial charge in [-0.2, -0.15) is 4.98 Å². The number of piperazine rings is 1. The molecule has 1 aromatic carbocycles. The molecule has 0 radical (unpaired) electrons. The average Bonchev–Trinajstić information content (AvgIpc) is 3.35. The Labute approximate surface area is 205 Å². The smallest absolute Gasteiger partial charge is 0.264 e. The molecule has 2 aromatic heterocycles. The van der Waals surface area contributed by atoms with E-state index in [4.69, 9.17) is 9.84 Å². The van der Waals surface area contributed by atoms with Crippen LogP contribution in [0, 0.1) is 0 Å². The number of para-hydroxylation sites is 1. The van der Waals surface area contributed by atoms with Gasteiger partial charge in [0.2, 0.25) is 5.91 Å². The monoisotopic (exact) mass is 476 g/mol. The fourth-order valence-electron chi connectivity index (χ4n) is 5.06. The summed E-state index contributed by atoms with van der Waals surface area (Å²) in [6, 6.07) is 14.4. The van der Waals surface area contributed by atoms with Crippen LogP contribution >= 0.6 is 0 Å². The molecular formula is C25H32N8O2. The van der Waals surface area contributed by atoms with Gasteiger partial charge in [-0.05, 0) is 32.0 Å². The molecule has 1 amide bonds. The summed E-state index contributed by atoms with van der Waals surface area (Å²) in [7, 11) is 0. The topological polar surface area (TPSA) is 82.9 Å². The predicted octanol–water partition coefficient (Wildman–Crippen LogP) is 2.49. The van der Waals surface area contributed by atoms with Crippen LogP contribution in [0.3, 0.4) is 0 Å². The molecule has 0 N–H and O–H groups in total. The van der Waals surface area contributed by atoms with Crippen LogP contribution < -0.4 is 9.91 Å². The number of ether oxygens (including phenoxy) is 1. The second-order valence-electron chi connectivity index (χ2n) is 9.10. The second-order valence-corrected chi connectivity index (χ2v) is 9.10. The van der Waals surface area contributed by atoms with Gasteiger partial charge >= 0.3 is 0 Å². The minimum Gasteiger partial charge on any atom is -0.379 e. The highest BCUT2D eigenvalue weighted by molar-refractivity contribution is 5.74. The lowest BCUT2D eigenvalue weighted by atomic mass is 10.1. The van der Waals surface area contributed by atoms with Crippen LogP contribution in [0.25, 0.3) is 5.69 Å². The van der Waals surface area contributed by atoms with Crippen molar-refractivity contribution in [3.05, 3.63) is 55.0 Å². The Hall–Kier alpha value is -3.50. The maximum absolute atomic E-state index is 12.0. The van der Waals surface area contributed by atoms with Gasteiger partial charge in [0.15, 0.2) is 0 Å². The Morgan fingerprint density at radius 3 is 2.43 bits per heavy atom. The Morgan fingerprint density at radius 2 is 1.74 bits per heavy atom. The molecular weight excluding hydrogens is 444 g/mol. The van der Waals surface area contributed by atoms with E-state index in [9.17, 15) is 4.79 Å². The summed E-state index contributed by atoms with van der Waals surface area (Å²) in [5.41, 5.74) is 1.90. The van der Waals surface area contributed by atoms with Crippen molar-refractivity contribution in [3.8, 4) is 5.69 Å². The molecule has 4 heterocycles. The molecule has 10 nitrogen and oxygen atoms in total. The van der Waals surface area contributed by atoms with Crippen LogP contribution in [0.15, 0.2) is 55.0 Å². The van der Waals surface area contributed by atoms with E-state index in [-0.39, 0.29) is 18.0 Å². The van der Waals surface area contributed by atoms with E-state index in [0.29, 0.717) is 19.2 Å². The number of nitrogens with zero attached hydrogens (tertiary/aromatic N) is 8. The average molecular weight is 477 g/mol. The molecule has 2 aliphatic heterocycles. The molecule has 184 valence electrons. The summed E-state index contributed by atoms with van der Waals surface area (Å²) < 4.78 is 7.34. The van der Waals surface area contributed by atoms with Crippen LogP contribution in [0.2, 0.25) is 0 Å². The number of aromatic nitrogens is 4. The van der Waals surface area contributed by atoms with Gasteiger partial charge in [-0.25, -0.2) is 19.7 Å². The van der Waals surface area contributed by atoms with E-state index in [1.165, 1.54) is 0 Å². The van der Waals surface area contributed by atoms with Crippen LogP contribution in [-0.2, 0) is 9.53 Å². The van der Waals surface area contributed by atoms with Gasteiger partial charge in [0.1, 0.15) is 12.1 Å². The van der Waals surface area contributed by atoms with Crippen LogP contribution in [0.5, 0.6) is 0 Å². The number of rotatable bonds is 5. The van der Waals surface area contributed by atoms with Crippen molar-refractivity contribution >= 4 is 23.4 Å². The lowest BCUT2D eigenvalue weighted by Crippen LogP contribution is -2.58. The quantitative estimate of drug-likeness (QED) is 0.556. The van der Waals surface area contributed by atoms with Crippen molar-refractivity contribution in [2.75, 3.05) is 49.3 Å². The summed E-state index contributed by atoms with van der Waals surface area (Å²) in [5, 5.41) is 9.11. The molecule has 3 aromatic rings. The van der Waals surface area contributed by atoms with Crippen molar-refractivity contribution in [3.63, 3.8) is 0 Å². The van der Waals surface area contributed by atoms with Gasteiger partial charge < -0.3 is 14.5 Å². The summed E-state index contributed by atoms with van der Waals surface area (Å²) in [6.45, 7) is 10.2. The van der Waals surface area contributed by atoms with E-state index >= 15 is 0 Å². The zero-order valence-electron chi connectivity index (χ0n) is 20.5. The van der Waals surface area contributed by atoms with Gasteiger partial charge in [0.25, 0.3) is 5.95 Å². The highest BCUT2D eigenvalue weighted by Crippen LogP contribution is 2.26. The first-order valence-electron chi connectivity index (χ1n) is 12.1. The molecule has 0 spiro atoms. The molecule has 2 atom stereocenters. The van der Waals surface area contributed by atoms with Crippen molar-refractivity contribution in [1.82, 2.24) is 29.7 Å². The van der Waals surface area contributed by atoms with Gasteiger partial charge in [-0.3, -0.25) is 4.79 Å². The van der Waals surface area contributed by atoms with Crippen molar-refractivity contribution in [1.29, 1.82) is 0 Å². The first-order chi connectivity index (χ1) is 17.0. The SMILES string of the molecule is CC(=O)N1C(C)CN(c2cc(-n3cnc(N(c4ccccc4)N4CCOCC4)n3)ccn2)CC1C. The van der Waals surface area contributed by atoms with Crippen LogP contribution in [0.1, 0.15) is 20.8 Å². The summed E-state index contributed by atoms with van der Waals surface area (Å²) in [4.78, 5) is 25.5. The Bertz CT molecular complexity index is 1140. The lowest BCUT2D eigenvalue weighted by molar-refractivity contribution is -0.133. The van der Waals surface area contributed by atoms with Gasteiger partial charge in [0.05, 0.1) is 24.6 Å². The number of anilines is 3. The molecule has 35 heavy (non-hydrogen) atoms. The number of carbonyl (C=O) groups is 1. The third-order valence-electron chi connectivity index (χ3n) is 6.54. The van der Waals surface area contributed by atoms with Gasteiger partial charge in [-0.15, -0.1) is 5.10 Å². The lowest BCUT2D eigenvalue weighted by Gasteiger charge is -2.44. The number of amides is 1. The molecule has 5 rings (SSSR count). The maximum atomic E-state index is 12.0. The minimum atomic E-state index is 0.116. The minimum absolute atomic E-state index is 0.116. The fourth-order valence-corrected chi connectivity index (χ4v) is 5.06. The van der Waals surface area contributed by atoms with E-state index < -0.39 is 0 Å². The number of hydrazine groups is 1. The number of pyridine rings is 1. The second kappa shape index (κ2) is 10.0. The van der Waals surface area contributed by atoms with Crippen molar-refractivity contribution in [2.45, 2.75) is 32.9 Å². The zero-order chi connectivity index (χ0) is 24.4. The largest absolute Gasteiger partial charge is 0.379 e.